The van der Waals surface area contributed by atoms with Crippen LogP contribution in [0.5, 0.6) is 0 Å². The maximum absolute atomic E-state index is 12.8. The number of furan rings is 1. The molecule has 1 saturated heterocycles. The Morgan fingerprint density at radius 2 is 2.04 bits per heavy atom. The van der Waals surface area contributed by atoms with Crippen LogP contribution in [0.3, 0.4) is 0 Å². The topological polar surface area (TPSA) is 49.6 Å². The van der Waals surface area contributed by atoms with E-state index < -0.39 is 0 Å². The highest BCUT2D eigenvalue weighted by molar-refractivity contribution is 7.13. The van der Waals surface area contributed by atoms with Crippen molar-refractivity contribution in [2.24, 2.45) is 0 Å². The van der Waals surface area contributed by atoms with Crippen LogP contribution >= 0.6 is 11.3 Å². The number of para-hydroxylation sites is 1. The molecule has 1 aliphatic rings. The van der Waals surface area contributed by atoms with Crippen molar-refractivity contribution in [2.75, 3.05) is 25.0 Å². The van der Waals surface area contributed by atoms with Gasteiger partial charge in [0.25, 0.3) is 5.91 Å². The van der Waals surface area contributed by atoms with Gasteiger partial charge in [-0.15, -0.1) is 11.3 Å². The number of hydrogen-bond acceptors (Lipinski definition) is 5. The molecular weight excluding hydrogens is 346 g/mol. The van der Waals surface area contributed by atoms with E-state index in [0.29, 0.717) is 18.0 Å². The van der Waals surface area contributed by atoms with Gasteiger partial charge in [0.05, 0.1) is 6.26 Å². The molecule has 1 fully saturated rings. The van der Waals surface area contributed by atoms with E-state index in [1.54, 1.807) is 16.5 Å². The summed E-state index contributed by atoms with van der Waals surface area (Å²) in [5.74, 6) is 0.617. The van der Waals surface area contributed by atoms with Gasteiger partial charge in [0.15, 0.2) is 10.8 Å². The lowest BCUT2D eigenvalue weighted by Crippen LogP contribution is -2.28. The Bertz CT molecular complexity index is 882. The summed E-state index contributed by atoms with van der Waals surface area (Å²) < 4.78 is 5.36. The van der Waals surface area contributed by atoms with Crippen molar-refractivity contribution in [2.45, 2.75) is 19.4 Å². The molecule has 1 amide bonds. The third-order valence-corrected chi connectivity index (χ3v) is 5.50. The molecule has 4 rings (SSSR count). The van der Waals surface area contributed by atoms with Gasteiger partial charge >= 0.3 is 0 Å². The van der Waals surface area contributed by atoms with Crippen LogP contribution in [-0.4, -0.2) is 35.9 Å². The van der Waals surface area contributed by atoms with Crippen molar-refractivity contribution in [3.05, 3.63) is 59.3 Å². The minimum absolute atomic E-state index is 0.0738. The molecule has 1 aromatic carbocycles. The number of carbonyl (C=O) groups is 1. The lowest BCUT2D eigenvalue weighted by atomic mass is 10.1. The molecule has 0 radical (unpaired) electrons. The fraction of sp³-hybridized carbons (Fsp3) is 0.300. The zero-order valence-electron chi connectivity index (χ0n) is 14.7. The van der Waals surface area contributed by atoms with E-state index in [0.717, 1.165) is 18.1 Å². The molecule has 0 atom stereocenters. The Balaban J connectivity index is 1.50. The fourth-order valence-corrected chi connectivity index (χ4v) is 4.08. The van der Waals surface area contributed by atoms with Gasteiger partial charge in [-0.1, -0.05) is 18.2 Å². The summed E-state index contributed by atoms with van der Waals surface area (Å²) in [6.07, 6.45) is 4.08. The molecule has 6 heteroatoms. The van der Waals surface area contributed by atoms with Crippen LogP contribution in [0.25, 0.3) is 10.8 Å². The molecule has 0 unspecified atom stereocenters. The van der Waals surface area contributed by atoms with Crippen molar-refractivity contribution < 1.29 is 9.21 Å². The first-order chi connectivity index (χ1) is 12.7. The van der Waals surface area contributed by atoms with E-state index in [4.69, 9.17) is 4.42 Å². The molecule has 134 valence electrons. The smallest absolute Gasteiger partial charge is 0.273 e. The minimum Gasteiger partial charge on any atom is -0.462 e. The highest BCUT2D eigenvalue weighted by atomic mass is 32.1. The van der Waals surface area contributed by atoms with Crippen molar-refractivity contribution in [3.63, 3.8) is 0 Å². The van der Waals surface area contributed by atoms with E-state index >= 15 is 0 Å². The average molecular weight is 367 g/mol. The number of aromatic nitrogens is 1. The average Bonchev–Trinajstić information content (AvgIpc) is 3.43. The number of thiazole rings is 1. The van der Waals surface area contributed by atoms with Gasteiger partial charge in [-0.25, -0.2) is 4.98 Å². The monoisotopic (exact) mass is 367 g/mol. The summed E-state index contributed by atoms with van der Waals surface area (Å²) >= 11 is 1.42. The summed E-state index contributed by atoms with van der Waals surface area (Å²) in [5.41, 5.74) is 2.87. The second kappa shape index (κ2) is 7.33. The molecule has 26 heavy (non-hydrogen) atoms. The molecule has 2 aromatic heterocycles. The first kappa shape index (κ1) is 16.8. The van der Waals surface area contributed by atoms with E-state index in [2.05, 4.69) is 28.1 Å². The molecule has 0 aliphatic carbocycles. The van der Waals surface area contributed by atoms with Gasteiger partial charge in [0, 0.05) is 37.7 Å². The number of nitrogens with zero attached hydrogens (tertiary/aromatic N) is 3. The van der Waals surface area contributed by atoms with Crippen LogP contribution in [0.15, 0.2) is 52.5 Å². The summed E-state index contributed by atoms with van der Waals surface area (Å²) in [7, 11) is 1.83. The van der Waals surface area contributed by atoms with Crippen molar-refractivity contribution in [3.8, 4) is 10.8 Å². The maximum Gasteiger partial charge on any atom is 0.273 e. The standard InChI is InChI=1S/C20H21N3O2S/c1-22(13-15-7-2-3-8-17(15)23-10-4-5-11-23)20(24)16-14-26-19(21-16)18-9-6-12-25-18/h2-3,6-9,12,14H,4-5,10-11,13H2,1H3. The lowest BCUT2D eigenvalue weighted by Gasteiger charge is -2.24. The maximum atomic E-state index is 12.8. The zero-order valence-corrected chi connectivity index (χ0v) is 15.5. The van der Waals surface area contributed by atoms with Crippen molar-refractivity contribution in [1.82, 2.24) is 9.88 Å². The second-order valence-electron chi connectivity index (χ2n) is 6.50. The second-order valence-corrected chi connectivity index (χ2v) is 7.36. The Kier molecular flexibility index (Phi) is 4.75. The first-order valence-corrected chi connectivity index (χ1v) is 9.68. The Morgan fingerprint density at radius 3 is 2.81 bits per heavy atom. The van der Waals surface area contributed by atoms with Gasteiger partial charge in [-0.3, -0.25) is 4.79 Å². The van der Waals surface area contributed by atoms with Gasteiger partial charge in [-0.05, 0) is 36.6 Å². The summed E-state index contributed by atoms with van der Waals surface area (Å²) in [6, 6.07) is 12.0. The predicted octanol–water partition coefficient (Wildman–Crippen LogP) is 4.28. The van der Waals surface area contributed by atoms with Crippen LogP contribution in [0.2, 0.25) is 0 Å². The molecule has 0 saturated carbocycles. The molecular formula is C20H21N3O2S. The Hall–Kier alpha value is -2.60. The Morgan fingerprint density at radius 1 is 1.23 bits per heavy atom. The summed E-state index contributed by atoms with van der Waals surface area (Å²) in [4.78, 5) is 21.4. The summed E-state index contributed by atoms with van der Waals surface area (Å²) in [5, 5.41) is 2.52. The molecule has 3 heterocycles. The van der Waals surface area contributed by atoms with Crippen LogP contribution < -0.4 is 4.90 Å². The van der Waals surface area contributed by atoms with E-state index in [-0.39, 0.29) is 5.91 Å². The van der Waals surface area contributed by atoms with E-state index in [1.165, 1.54) is 35.4 Å². The number of benzene rings is 1. The van der Waals surface area contributed by atoms with Gasteiger partial charge in [0.2, 0.25) is 0 Å². The molecule has 5 nitrogen and oxygen atoms in total. The van der Waals surface area contributed by atoms with E-state index in [1.807, 2.05) is 25.2 Å². The van der Waals surface area contributed by atoms with Gasteiger partial charge < -0.3 is 14.2 Å². The number of anilines is 1. The van der Waals surface area contributed by atoms with Crippen LogP contribution in [0.4, 0.5) is 5.69 Å². The first-order valence-electron chi connectivity index (χ1n) is 8.80. The fourth-order valence-electron chi connectivity index (χ4n) is 3.32. The predicted molar refractivity (Wildman–Crippen MR) is 104 cm³/mol. The minimum atomic E-state index is -0.0738. The third-order valence-electron chi connectivity index (χ3n) is 4.65. The number of carbonyl (C=O) groups excluding carboxylic acids is 1. The van der Waals surface area contributed by atoms with Crippen molar-refractivity contribution >= 4 is 22.9 Å². The lowest BCUT2D eigenvalue weighted by molar-refractivity contribution is 0.0780. The third kappa shape index (κ3) is 3.37. The molecule has 0 spiro atoms. The molecule has 1 aliphatic heterocycles. The largest absolute Gasteiger partial charge is 0.462 e. The number of rotatable bonds is 5. The van der Waals surface area contributed by atoms with Crippen molar-refractivity contribution in [1.29, 1.82) is 0 Å². The quantitative estimate of drug-likeness (QED) is 0.675. The van der Waals surface area contributed by atoms with Crippen LogP contribution in [-0.2, 0) is 6.54 Å². The highest BCUT2D eigenvalue weighted by Gasteiger charge is 2.20. The molecule has 3 aromatic rings. The summed E-state index contributed by atoms with van der Waals surface area (Å²) in [6.45, 7) is 2.75. The van der Waals surface area contributed by atoms with Gasteiger partial charge in [0.1, 0.15) is 5.69 Å². The Labute approximate surface area is 156 Å². The van der Waals surface area contributed by atoms with Crippen LogP contribution in [0.1, 0.15) is 28.9 Å². The number of hydrogen-bond donors (Lipinski definition) is 0. The van der Waals surface area contributed by atoms with Gasteiger partial charge in [-0.2, -0.15) is 0 Å². The van der Waals surface area contributed by atoms with E-state index in [9.17, 15) is 4.79 Å². The normalized spacial score (nSPS) is 14.0. The van der Waals surface area contributed by atoms with Crippen LogP contribution in [0, 0.1) is 0 Å². The molecule has 0 bridgehead atoms. The number of amides is 1. The molecule has 0 N–H and O–H groups in total. The highest BCUT2D eigenvalue weighted by Crippen LogP contribution is 2.27. The zero-order chi connectivity index (χ0) is 17.9. The SMILES string of the molecule is CN(Cc1ccccc1N1CCCC1)C(=O)c1csc(-c2ccco2)n1.